The molecular weight excluding hydrogens is 352 g/mol. The molecule has 1 aliphatic heterocycles. The summed E-state index contributed by atoms with van der Waals surface area (Å²) < 4.78 is 4.30. The quantitative estimate of drug-likeness (QED) is 0.575. The van der Waals surface area contributed by atoms with Crippen molar-refractivity contribution in [2.24, 2.45) is 7.05 Å². The van der Waals surface area contributed by atoms with Crippen LogP contribution >= 0.6 is 23.5 Å². The summed E-state index contributed by atoms with van der Waals surface area (Å²) >= 11 is 7.74. The van der Waals surface area contributed by atoms with Crippen LogP contribution < -0.4 is 0 Å². The Labute approximate surface area is 158 Å². The second kappa shape index (κ2) is 7.65. The summed E-state index contributed by atoms with van der Waals surface area (Å²) in [4.78, 5) is 1.24. The number of rotatable bonds is 3. The van der Waals surface area contributed by atoms with E-state index >= 15 is 0 Å². The van der Waals surface area contributed by atoms with E-state index < -0.39 is 0 Å². The van der Waals surface area contributed by atoms with E-state index in [1.807, 2.05) is 36.0 Å². The highest BCUT2D eigenvalue weighted by Crippen LogP contribution is 2.34. The van der Waals surface area contributed by atoms with Crippen molar-refractivity contribution in [1.29, 1.82) is 5.26 Å². The number of benzene rings is 1. The lowest BCUT2D eigenvalue weighted by atomic mass is 9.95. The zero-order valence-corrected chi connectivity index (χ0v) is 16.3. The number of nitrogens with zero attached hydrogens (tertiary/aromatic N) is 4. The number of aromatic nitrogens is 2. The maximum Gasteiger partial charge on any atom is 0.0997 e. The molecule has 130 valence electrons. The lowest BCUT2D eigenvalue weighted by molar-refractivity contribution is 0.435. The van der Waals surface area contributed by atoms with Crippen LogP contribution in [0, 0.1) is 25.2 Å². The largest absolute Gasteiger partial charge is 0.271 e. The fourth-order valence-corrected chi connectivity index (χ4v) is 4.26. The predicted octanol–water partition coefficient (Wildman–Crippen LogP) is 4.77. The molecule has 0 N–H and O–H groups in total. The molecule has 0 amide bonds. The van der Waals surface area contributed by atoms with Crippen LogP contribution in [0.3, 0.4) is 0 Å². The van der Waals surface area contributed by atoms with E-state index in [9.17, 15) is 5.26 Å². The molecule has 1 saturated heterocycles. The summed E-state index contributed by atoms with van der Waals surface area (Å²) in [5.74, 6) is 0. The van der Waals surface area contributed by atoms with Gasteiger partial charge in [-0.25, -0.2) is 4.31 Å². The van der Waals surface area contributed by atoms with Crippen LogP contribution in [0.1, 0.15) is 29.8 Å². The zero-order chi connectivity index (χ0) is 18.0. The van der Waals surface area contributed by atoms with Gasteiger partial charge in [0.25, 0.3) is 0 Å². The monoisotopic (exact) mass is 372 g/mol. The molecule has 1 fully saturated rings. The Morgan fingerprint density at radius 2 is 1.84 bits per heavy atom. The number of aryl methyl sites for hydroxylation is 2. The van der Waals surface area contributed by atoms with Gasteiger partial charge in [0.05, 0.1) is 27.9 Å². The SMILES string of the molecule is Cc1nn(C)c(C)c1SN1CCC(=C(C#N)c2ccc(Cl)cc2)CC1. The smallest absolute Gasteiger partial charge is 0.0997 e. The van der Waals surface area contributed by atoms with Gasteiger partial charge in [-0.1, -0.05) is 23.7 Å². The van der Waals surface area contributed by atoms with E-state index in [4.69, 9.17) is 11.6 Å². The molecule has 4 nitrogen and oxygen atoms in total. The van der Waals surface area contributed by atoms with Crippen molar-refractivity contribution >= 4 is 29.1 Å². The molecule has 0 atom stereocenters. The highest BCUT2D eigenvalue weighted by atomic mass is 35.5. The summed E-state index contributed by atoms with van der Waals surface area (Å²) in [7, 11) is 1.98. The number of hydrogen-bond acceptors (Lipinski definition) is 4. The summed E-state index contributed by atoms with van der Waals surface area (Å²) in [6.07, 6.45) is 1.83. The molecule has 1 aromatic carbocycles. The maximum absolute atomic E-state index is 9.61. The zero-order valence-electron chi connectivity index (χ0n) is 14.7. The number of nitriles is 1. The second-order valence-corrected chi connectivity index (χ2v) is 7.78. The molecule has 0 saturated carbocycles. The third-order valence-electron chi connectivity index (χ3n) is 4.59. The molecule has 1 aliphatic rings. The van der Waals surface area contributed by atoms with E-state index in [2.05, 4.69) is 29.3 Å². The molecule has 25 heavy (non-hydrogen) atoms. The van der Waals surface area contributed by atoms with Crippen LogP contribution in [0.5, 0.6) is 0 Å². The summed E-state index contributed by atoms with van der Waals surface area (Å²) in [5.41, 5.74) is 5.27. The van der Waals surface area contributed by atoms with Gasteiger partial charge < -0.3 is 0 Å². The van der Waals surface area contributed by atoms with E-state index in [1.54, 1.807) is 11.9 Å². The topological polar surface area (TPSA) is 44.9 Å². The molecule has 6 heteroatoms. The Balaban J connectivity index is 1.72. The van der Waals surface area contributed by atoms with Crippen molar-refractivity contribution in [3.63, 3.8) is 0 Å². The minimum atomic E-state index is 0.694. The summed E-state index contributed by atoms with van der Waals surface area (Å²) in [6, 6.07) is 9.93. The van der Waals surface area contributed by atoms with Crippen molar-refractivity contribution in [2.45, 2.75) is 31.6 Å². The van der Waals surface area contributed by atoms with Gasteiger partial charge in [-0.15, -0.1) is 0 Å². The first-order valence-corrected chi connectivity index (χ1v) is 9.46. The molecule has 0 bridgehead atoms. The highest BCUT2D eigenvalue weighted by molar-refractivity contribution is 7.97. The standard InChI is InChI=1S/C19H21ClN4S/c1-13-19(14(2)23(3)22-13)25-24-10-8-16(9-11-24)18(12-21)15-4-6-17(20)7-5-15/h4-7H,8-11H2,1-3H3. The molecule has 2 aromatic rings. The lowest BCUT2D eigenvalue weighted by Crippen LogP contribution is -2.25. The number of piperidine rings is 1. The summed E-state index contributed by atoms with van der Waals surface area (Å²) in [6.45, 7) is 6.03. The van der Waals surface area contributed by atoms with Crippen molar-refractivity contribution in [1.82, 2.24) is 14.1 Å². The fourth-order valence-electron chi connectivity index (χ4n) is 3.08. The molecule has 2 heterocycles. The van der Waals surface area contributed by atoms with Crippen LogP contribution in [-0.2, 0) is 7.05 Å². The van der Waals surface area contributed by atoms with E-state index in [1.165, 1.54) is 16.2 Å². The van der Waals surface area contributed by atoms with Crippen molar-refractivity contribution in [3.8, 4) is 6.07 Å². The Bertz CT molecular complexity index is 836. The number of hydrogen-bond donors (Lipinski definition) is 0. The van der Waals surface area contributed by atoms with Gasteiger partial charge in [-0.05, 0) is 61.9 Å². The van der Waals surface area contributed by atoms with Gasteiger partial charge in [-0.2, -0.15) is 10.4 Å². The van der Waals surface area contributed by atoms with Gasteiger partial charge in [0.15, 0.2) is 0 Å². The first-order valence-electron chi connectivity index (χ1n) is 8.30. The van der Waals surface area contributed by atoms with Crippen molar-refractivity contribution in [3.05, 3.63) is 51.8 Å². The minimum absolute atomic E-state index is 0.694. The summed E-state index contributed by atoms with van der Waals surface area (Å²) in [5, 5.41) is 14.8. The van der Waals surface area contributed by atoms with Crippen LogP contribution in [0.2, 0.25) is 5.02 Å². The molecular formula is C19H21ClN4S. The number of halogens is 1. The van der Waals surface area contributed by atoms with E-state index in [-0.39, 0.29) is 0 Å². The lowest BCUT2D eigenvalue weighted by Gasteiger charge is -2.28. The van der Waals surface area contributed by atoms with Gasteiger partial charge in [0.2, 0.25) is 0 Å². The molecule has 3 rings (SSSR count). The third kappa shape index (κ3) is 3.92. The van der Waals surface area contributed by atoms with Crippen LogP contribution in [-0.4, -0.2) is 27.2 Å². The van der Waals surface area contributed by atoms with Gasteiger partial charge in [0, 0.05) is 25.2 Å². The highest BCUT2D eigenvalue weighted by Gasteiger charge is 2.21. The minimum Gasteiger partial charge on any atom is -0.271 e. The molecule has 1 aromatic heterocycles. The second-order valence-electron chi connectivity index (χ2n) is 6.24. The molecule has 0 radical (unpaired) electrons. The van der Waals surface area contributed by atoms with Crippen LogP contribution in [0.4, 0.5) is 0 Å². The predicted molar refractivity (Wildman–Crippen MR) is 103 cm³/mol. The Morgan fingerprint density at radius 3 is 2.36 bits per heavy atom. The average Bonchev–Trinajstić information content (AvgIpc) is 2.85. The average molecular weight is 373 g/mol. The van der Waals surface area contributed by atoms with E-state index in [0.29, 0.717) is 5.02 Å². The van der Waals surface area contributed by atoms with Crippen molar-refractivity contribution in [2.75, 3.05) is 13.1 Å². The number of allylic oxidation sites excluding steroid dienone is 1. The van der Waals surface area contributed by atoms with Gasteiger partial charge in [-0.3, -0.25) is 4.68 Å². The maximum atomic E-state index is 9.61. The molecule has 0 aliphatic carbocycles. The molecule has 0 unspecified atom stereocenters. The van der Waals surface area contributed by atoms with Crippen molar-refractivity contribution < 1.29 is 0 Å². The Hall–Kier alpha value is -1.74. The van der Waals surface area contributed by atoms with Gasteiger partial charge >= 0.3 is 0 Å². The van der Waals surface area contributed by atoms with E-state index in [0.717, 1.165) is 42.8 Å². The van der Waals surface area contributed by atoms with Crippen LogP contribution in [0.15, 0.2) is 34.7 Å². The van der Waals surface area contributed by atoms with Crippen LogP contribution in [0.25, 0.3) is 5.57 Å². The Kier molecular flexibility index (Phi) is 5.53. The Morgan fingerprint density at radius 1 is 1.20 bits per heavy atom. The fraction of sp³-hybridized carbons (Fsp3) is 0.368. The normalized spacial score (nSPS) is 15.2. The first-order chi connectivity index (χ1) is 12.0. The first kappa shape index (κ1) is 18.1. The third-order valence-corrected chi connectivity index (χ3v) is 6.24. The molecule has 0 spiro atoms. The van der Waals surface area contributed by atoms with Gasteiger partial charge in [0.1, 0.15) is 0 Å².